The van der Waals surface area contributed by atoms with E-state index >= 15 is 0 Å². The van der Waals surface area contributed by atoms with E-state index in [9.17, 15) is 4.79 Å². The number of carbonyl (C=O) groups is 1. The number of aromatic nitrogens is 1. The zero-order valence-electron chi connectivity index (χ0n) is 8.30. The standard InChI is InChI=1S/C9H14N2O2S/c1-3-8(9(12)13)11(2)5-7-4-10-6-14-7/h4,6,8H,3,5H2,1-2H3,(H,12,13). The molecule has 0 bridgehead atoms. The van der Waals surface area contributed by atoms with Crippen molar-refractivity contribution in [1.29, 1.82) is 0 Å². The molecule has 1 rings (SSSR count). The molecule has 0 aliphatic rings. The van der Waals surface area contributed by atoms with Gasteiger partial charge in [-0.25, -0.2) is 0 Å². The summed E-state index contributed by atoms with van der Waals surface area (Å²) in [6, 6.07) is -0.405. The molecule has 1 aromatic heterocycles. The fourth-order valence-corrected chi connectivity index (χ4v) is 2.01. The summed E-state index contributed by atoms with van der Waals surface area (Å²) in [7, 11) is 1.82. The van der Waals surface area contributed by atoms with Gasteiger partial charge in [0, 0.05) is 17.6 Å². The topological polar surface area (TPSA) is 53.4 Å². The first kappa shape index (κ1) is 11.1. The Kier molecular flexibility index (Phi) is 4.03. The molecule has 1 aromatic rings. The van der Waals surface area contributed by atoms with Gasteiger partial charge in [-0.2, -0.15) is 0 Å². The fourth-order valence-electron chi connectivity index (χ4n) is 1.35. The van der Waals surface area contributed by atoms with Gasteiger partial charge in [-0.15, -0.1) is 11.3 Å². The lowest BCUT2D eigenvalue weighted by Crippen LogP contribution is -2.37. The molecule has 1 heterocycles. The van der Waals surface area contributed by atoms with E-state index in [1.54, 1.807) is 23.0 Å². The zero-order chi connectivity index (χ0) is 10.6. The number of likely N-dealkylation sites (N-methyl/N-ethyl adjacent to an activating group) is 1. The number of thiazole rings is 1. The van der Waals surface area contributed by atoms with Gasteiger partial charge >= 0.3 is 5.97 Å². The minimum atomic E-state index is -0.764. The molecule has 0 saturated carbocycles. The van der Waals surface area contributed by atoms with Gasteiger partial charge in [0.05, 0.1) is 5.51 Å². The lowest BCUT2D eigenvalue weighted by molar-refractivity contribution is -0.143. The van der Waals surface area contributed by atoms with Crippen molar-refractivity contribution in [3.8, 4) is 0 Å². The Morgan fingerprint density at radius 3 is 2.93 bits per heavy atom. The molecule has 1 N–H and O–H groups in total. The van der Waals surface area contributed by atoms with Crippen LogP contribution in [0.2, 0.25) is 0 Å². The predicted octanol–water partition coefficient (Wildman–Crippen LogP) is 1.44. The van der Waals surface area contributed by atoms with Crippen LogP contribution in [0.3, 0.4) is 0 Å². The Balaban J connectivity index is 2.56. The van der Waals surface area contributed by atoms with Crippen LogP contribution >= 0.6 is 11.3 Å². The van der Waals surface area contributed by atoms with E-state index in [1.807, 2.05) is 18.9 Å². The van der Waals surface area contributed by atoms with Crippen LogP contribution in [0.5, 0.6) is 0 Å². The molecule has 4 nitrogen and oxygen atoms in total. The van der Waals surface area contributed by atoms with Crippen molar-refractivity contribution in [2.24, 2.45) is 0 Å². The first-order valence-electron chi connectivity index (χ1n) is 4.45. The van der Waals surface area contributed by atoms with E-state index in [0.29, 0.717) is 13.0 Å². The minimum absolute atomic E-state index is 0.405. The van der Waals surface area contributed by atoms with Crippen LogP contribution in [0, 0.1) is 0 Å². The maximum absolute atomic E-state index is 10.8. The third-order valence-corrected chi connectivity index (χ3v) is 2.86. The maximum atomic E-state index is 10.8. The number of carboxylic acids is 1. The van der Waals surface area contributed by atoms with E-state index in [0.717, 1.165) is 4.88 Å². The Hall–Kier alpha value is -0.940. The van der Waals surface area contributed by atoms with Crippen LogP contribution in [-0.4, -0.2) is 34.0 Å². The van der Waals surface area contributed by atoms with Gasteiger partial charge in [0.25, 0.3) is 0 Å². The van der Waals surface area contributed by atoms with Gasteiger partial charge in [-0.1, -0.05) is 6.92 Å². The number of hydrogen-bond donors (Lipinski definition) is 1. The summed E-state index contributed by atoms with van der Waals surface area (Å²) in [5.74, 6) is -0.764. The van der Waals surface area contributed by atoms with Crippen LogP contribution in [0.4, 0.5) is 0 Å². The molecule has 0 amide bonds. The molecular formula is C9H14N2O2S. The molecule has 14 heavy (non-hydrogen) atoms. The molecule has 0 aromatic carbocycles. The number of rotatable bonds is 5. The van der Waals surface area contributed by atoms with E-state index in [2.05, 4.69) is 4.98 Å². The zero-order valence-corrected chi connectivity index (χ0v) is 9.12. The number of hydrogen-bond acceptors (Lipinski definition) is 4. The average molecular weight is 214 g/mol. The number of aliphatic carboxylic acids is 1. The lowest BCUT2D eigenvalue weighted by Gasteiger charge is -2.22. The van der Waals surface area contributed by atoms with Crippen LogP contribution < -0.4 is 0 Å². The van der Waals surface area contributed by atoms with Gasteiger partial charge < -0.3 is 5.11 Å². The van der Waals surface area contributed by atoms with E-state index in [-0.39, 0.29) is 0 Å². The summed E-state index contributed by atoms with van der Waals surface area (Å²) < 4.78 is 0. The van der Waals surface area contributed by atoms with Crippen LogP contribution in [0.1, 0.15) is 18.2 Å². The van der Waals surface area contributed by atoms with Crippen molar-refractivity contribution in [2.75, 3.05) is 7.05 Å². The highest BCUT2D eigenvalue weighted by Crippen LogP contribution is 2.11. The van der Waals surface area contributed by atoms with E-state index < -0.39 is 12.0 Å². The second-order valence-electron chi connectivity index (χ2n) is 3.15. The summed E-state index contributed by atoms with van der Waals surface area (Å²) in [5.41, 5.74) is 1.75. The van der Waals surface area contributed by atoms with Gasteiger partial charge in [-0.3, -0.25) is 14.7 Å². The summed E-state index contributed by atoms with van der Waals surface area (Å²) in [6.45, 7) is 2.53. The first-order chi connectivity index (χ1) is 6.65. The quantitative estimate of drug-likeness (QED) is 0.805. The molecule has 78 valence electrons. The Morgan fingerprint density at radius 1 is 1.79 bits per heavy atom. The largest absolute Gasteiger partial charge is 0.480 e. The Labute approximate surface area is 87.2 Å². The molecule has 0 aliphatic carbocycles. The predicted molar refractivity (Wildman–Crippen MR) is 55.3 cm³/mol. The molecule has 0 spiro atoms. The van der Waals surface area contributed by atoms with Crippen LogP contribution in [-0.2, 0) is 11.3 Å². The first-order valence-corrected chi connectivity index (χ1v) is 5.33. The van der Waals surface area contributed by atoms with E-state index in [1.165, 1.54) is 0 Å². The third-order valence-electron chi connectivity index (χ3n) is 2.09. The number of nitrogens with zero attached hydrogens (tertiary/aromatic N) is 2. The molecule has 0 aliphatic heterocycles. The second-order valence-corrected chi connectivity index (χ2v) is 4.12. The van der Waals surface area contributed by atoms with Crippen molar-refractivity contribution >= 4 is 17.3 Å². The van der Waals surface area contributed by atoms with Crippen molar-refractivity contribution in [2.45, 2.75) is 25.9 Å². The molecule has 5 heteroatoms. The summed E-state index contributed by atoms with van der Waals surface area (Å²) in [6.07, 6.45) is 2.39. The van der Waals surface area contributed by atoms with Gasteiger partial charge in [0.2, 0.25) is 0 Å². The van der Waals surface area contributed by atoms with E-state index in [4.69, 9.17) is 5.11 Å². The smallest absolute Gasteiger partial charge is 0.320 e. The maximum Gasteiger partial charge on any atom is 0.320 e. The van der Waals surface area contributed by atoms with Gasteiger partial charge in [0.15, 0.2) is 0 Å². The van der Waals surface area contributed by atoms with Crippen molar-refractivity contribution in [1.82, 2.24) is 9.88 Å². The molecular weight excluding hydrogens is 200 g/mol. The molecule has 0 saturated heterocycles. The normalized spacial score (nSPS) is 13.1. The fraction of sp³-hybridized carbons (Fsp3) is 0.556. The molecule has 1 unspecified atom stereocenters. The van der Waals surface area contributed by atoms with Gasteiger partial charge in [0.1, 0.15) is 6.04 Å². The van der Waals surface area contributed by atoms with Crippen molar-refractivity contribution in [3.05, 3.63) is 16.6 Å². The SMILES string of the molecule is CCC(C(=O)O)N(C)Cc1cncs1. The lowest BCUT2D eigenvalue weighted by atomic mass is 10.2. The molecule has 0 fully saturated rings. The van der Waals surface area contributed by atoms with Gasteiger partial charge in [-0.05, 0) is 13.5 Å². The monoisotopic (exact) mass is 214 g/mol. The third kappa shape index (κ3) is 2.78. The molecule has 0 radical (unpaired) electrons. The highest BCUT2D eigenvalue weighted by atomic mass is 32.1. The van der Waals surface area contributed by atoms with Crippen LogP contribution in [0.25, 0.3) is 0 Å². The Bertz CT molecular complexity index is 287. The van der Waals surface area contributed by atoms with Crippen LogP contribution in [0.15, 0.2) is 11.7 Å². The summed E-state index contributed by atoms with van der Waals surface area (Å²) in [5, 5.41) is 8.92. The average Bonchev–Trinajstić information content (AvgIpc) is 2.57. The molecule has 1 atom stereocenters. The van der Waals surface area contributed by atoms with Crippen molar-refractivity contribution in [3.63, 3.8) is 0 Å². The summed E-state index contributed by atoms with van der Waals surface area (Å²) in [4.78, 5) is 17.7. The second kappa shape index (κ2) is 5.07. The number of carboxylic acid groups (broad SMARTS) is 1. The Morgan fingerprint density at radius 2 is 2.50 bits per heavy atom. The minimum Gasteiger partial charge on any atom is -0.480 e. The van der Waals surface area contributed by atoms with Crippen molar-refractivity contribution < 1.29 is 9.90 Å². The highest BCUT2D eigenvalue weighted by Gasteiger charge is 2.20. The summed E-state index contributed by atoms with van der Waals surface area (Å²) >= 11 is 1.55. The highest BCUT2D eigenvalue weighted by molar-refractivity contribution is 7.09.